The molecule has 3 aromatic rings. The van der Waals surface area contributed by atoms with Crippen LogP contribution in [-0.4, -0.2) is 28.0 Å². The smallest absolute Gasteiger partial charge is 0.331 e. The zero-order chi connectivity index (χ0) is 18.2. The third-order valence-corrected chi connectivity index (χ3v) is 9.49. The van der Waals surface area contributed by atoms with E-state index in [1.807, 2.05) is 24.3 Å². The van der Waals surface area contributed by atoms with Crippen LogP contribution in [0, 0.1) is 0 Å². The van der Waals surface area contributed by atoms with E-state index in [4.69, 9.17) is 4.43 Å². The van der Waals surface area contributed by atoms with Gasteiger partial charge in [0.1, 0.15) is 0 Å². The molecule has 1 N–H and O–H groups in total. The molecular weight excluding hydrogens is 330 g/mol. The van der Waals surface area contributed by atoms with Crippen LogP contribution in [0.25, 0.3) is 16.8 Å². The van der Waals surface area contributed by atoms with Crippen molar-refractivity contribution in [3.63, 3.8) is 0 Å². The summed E-state index contributed by atoms with van der Waals surface area (Å²) in [5.74, 6) is 0. The molecule has 0 fully saturated rings. The first-order valence-corrected chi connectivity index (χ1v) is 11.4. The van der Waals surface area contributed by atoms with Crippen LogP contribution in [0.1, 0.15) is 26.3 Å². The van der Waals surface area contributed by atoms with Crippen molar-refractivity contribution in [2.45, 2.75) is 45.5 Å². The van der Waals surface area contributed by atoms with E-state index in [1.54, 1.807) is 10.7 Å². The van der Waals surface area contributed by atoms with Gasteiger partial charge in [-0.25, -0.2) is 9.50 Å². The Balaban J connectivity index is 1.88. The quantitative estimate of drug-likeness (QED) is 0.694. The highest BCUT2D eigenvalue weighted by atomic mass is 28.4. The van der Waals surface area contributed by atoms with Crippen molar-refractivity contribution in [3.8, 4) is 17.3 Å². The average molecular weight is 356 g/mol. The minimum Gasteiger partial charge on any atom is -0.478 e. The van der Waals surface area contributed by atoms with Crippen molar-refractivity contribution < 1.29 is 9.53 Å². The van der Waals surface area contributed by atoms with Crippen molar-refractivity contribution in [1.29, 1.82) is 0 Å². The molecule has 3 rings (SSSR count). The highest BCUT2D eigenvalue weighted by Gasteiger charge is 2.37. The molecule has 0 atom stereocenters. The molecule has 6 heteroatoms. The molecule has 0 saturated carbocycles. The summed E-state index contributed by atoms with van der Waals surface area (Å²) >= 11 is 0. The molecule has 2 aromatic heterocycles. The Morgan fingerprint density at radius 3 is 2.64 bits per heavy atom. The summed E-state index contributed by atoms with van der Waals surface area (Å²) in [6.07, 6.45) is 1.61. The van der Waals surface area contributed by atoms with Gasteiger partial charge in [0.05, 0.1) is 24.0 Å². The topological polar surface area (TPSA) is 59.7 Å². The standard InChI is InChI=1S/C19H25N3O2Si/c1-19(2,3)25(4,5)24-13-14-7-6-8-15(11-14)17-10-9-16-12-20-18(23)21-22(16)17/h6-12H,13H2,1-5H3,(H,21,23). The summed E-state index contributed by atoms with van der Waals surface area (Å²) in [6, 6.07) is 12.0. The summed E-state index contributed by atoms with van der Waals surface area (Å²) in [6.45, 7) is 11.9. The van der Waals surface area contributed by atoms with E-state index >= 15 is 0 Å². The lowest BCUT2D eigenvalue weighted by atomic mass is 10.1. The Bertz CT molecular complexity index is 897. The number of fused-ring (bicyclic) bond motifs is 1. The molecule has 132 valence electrons. The lowest BCUT2D eigenvalue weighted by Crippen LogP contribution is -2.40. The molecule has 0 unspecified atom stereocenters. The van der Waals surface area contributed by atoms with E-state index in [0.717, 1.165) is 22.3 Å². The molecule has 25 heavy (non-hydrogen) atoms. The minimum absolute atomic E-state index is 0.191. The number of rotatable bonds is 4. The van der Waals surface area contributed by atoms with Crippen molar-refractivity contribution in [3.05, 3.63) is 48.2 Å². The molecular formula is C19H25N3O2Si. The maximum Gasteiger partial charge on any atom is 0.331 e. The monoisotopic (exact) mass is 355 g/mol. The SMILES string of the molecule is CC(C)(C)[Si](C)(C)OCc1cccc(-c2ccc3cnc(O)nn23)c1. The Morgan fingerprint density at radius 1 is 1.16 bits per heavy atom. The van der Waals surface area contributed by atoms with Gasteiger partial charge in [0.2, 0.25) is 0 Å². The molecule has 5 nitrogen and oxygen atoms in total. The van der Waals surface area contributed by atoms with Crippen LogP contribution in [0.5, 0.6) is 6.01 Å². The van der Waals surface area contributed by atoms with Crippen molar-refractivity contribution in [2.75, 3.05) is 0 Å². The molecule has 2 heterocycles. The summed E-state index contributed by atoms with van der Waals surface area (Å²) < 4.78 is 8.03. The van der Waals surface area contributed by atoms with Crippen molar-refractivity contribution in [1.82, 2.24) is 14.6 Å². The normalized spacial score (nSPS) is 12.7. The lowest BCUT2D eigenvalue weighted by Gasteiger charge is -2.36. The number of benzene rings is 1. The van der Waals surface area contributed by atoms with Gasteiger partial charge in [-0.15, -0.1) is 5.10 Å². The molecule has 0 aliphatic heterocycles. The van der Waals surface area contributed by atoms with E-state index < -0.39 is 8.32 Å². The molecule has 0 saturated heterocycles. The van der Waals surface area contributed by atoms with Crippen molar-refractivity contribution in [2.24, 2.45) is 0 Å². The summed E-state index contributed by atoms with van der Waals surface area (Å²) in [7, 11) is -1.78. The second-order valence-electron chi connectivity index (χ2n) is 7.86. The Labute approximate surface area is 149 Å². The van der Waals surface area contributed by atoms with E-state index in [0.29, 0.717) is 6.61 Å². The second-order valence-corrected chi connectivity index (χ2v) is 12.7. The van der Waals surface area contributed by atoms with Crippen LogP contribution >= 0.6 is 0 Å². The zero-order valence-electron chi connectivity index (χ0n) is 15.4. The van der Waals surface area contributed by atoms with Gasteiger partial charge in [-0.1, -0.05) is 39.0 Å². The molecule has 0 aliphatic rings. The van der Waals surface area contributed by atoms with Gasteiger partial charge < -0.3 is 9.53 Å². The number of hydrogen-bond donors (Lipinski definition) is 1. The van der Waals surface area contributed by atoms with Crippen LogP contribution in [0.15, 0.2) is 42.6 Å². The summed E-state index contributed by atoms with van der Waals surface area (Å²) in [5.41, 5.74) is 3.93. The van der Waals surface area contributed by atoms with Gasteiger partial charge in [-0.05, 0) is 41.9 Å². The fraction of sp³-hybridized carbons (Fsp3) is 0.368. The van der Waals surface area contributed by atoms with Crippen LogP contribution in [-0.2, 0) is 11.0 Å². The predicted octanol–water partition coefficient (Wildman–Crippen LogP) is 4.62. The van der Waals surface area contributed by atoms with Crippen LogP contribution in [0.3, 0.4) is 0 Å². The predicted molar refractivity (Wildman–Crippen MR) is 102 cm³/mol. The Morgan fingerprint density at radius 2 is 1.92 bits per heavy atom. The Hall–Kier alpha value is -2.18. The van der Waals surface area contributed by atoms with E-state index in [-0.39, 0.29) is 11.0 Å². The molecule has 0 aliphatic carbocycles. The largest absolute Gasteiger partial charge is 0.478 e. The van der Waals surface area contributed by atoms with Gasteiger partial charge in [0, 0.05) is 5.56 Å². The first-order chi connectivity index (χ1) is 11.7. The first-order valence-electron chi connectivity index (χ1n) is 8.44. The van der Waals surface area contributed by atoms with Crippen LogP contribution < -0.4 is 0 Å². The fourth-order valence-electron chi connectivity index (χ4n) is 2.41. The highest BCUT2D eigenvalue weighted by molar-refractivity contribution is 6.74. The van der Waals surface area contributed by atoms with E-state index in [2.05, 4.69) is 56.1 Å². The maximum absolute atomic E-state index is 9.57. The van der Waals surface area contributed by atoms with Gasteiger partial charge in [0.15, 0.2) is 8.32 Å². The van der Waals surface area contributed by atoms with Crippen LogP contribution in [0.4, 0.5) is 0 Å². The molecule has 0 radical (unpaired) electrons. The molecule has 0 amide bonds. The first kappa shape index (κ1) is 17.6. The zero-order valence-corrected chi connectivity index (χ0v) is 16.4. The highest BCUT2D eigenvalue weighted by Crippen LogP contribution is 2.37. The molecule has 0 spiro atoms. The maximum atomic E-state index is 9.57. The van der Waals surface area contributed by atoms with Gasteiger partial charge >= 0.3 is 6.01 Å². The minimum atomic E-state index is -1.78. The third-order valence-electron chi connectivity index (χ3n) is 5.02. The summed E-state index contributed by atoms with van der Waals surface area (Å²) in [4.78, 5) is 3.82. The van der Waals surface area contributed by atoms with E-state index in [9.17, 15) is 5.11 Å². The van der Waals surface area contributed by atoms with Gasteiger partial charge in [-0.3, -0.25) is 0 Å². The van der Waals surface area contributed by atoms with Gasteiger partial charge in [0.25, 0.3) is 0 Å². The fourth-order valence-corrected chi connectivity index (χ4v) is 3.37. The van der Waals surface area contributed by atoms with Crippen molar-refractivity contribution >= 4 is 13.8 Å². The van der Waals surface area contributed by atoms with E-state index in [1.165, 1.54) is 0 Å². The molecule has 1 aromatic carbocycles. The second kappa shape index (κ2) is 6.27. The van der Waals surface area contributed by atoms with Crippen LogP contribution in [0.2, 0.25) is 18.1 Å². The summed E-state index contributed by atoms with van der Waals surface area (Å²) in [5, 5.41) is 13.9. The number of nitrogens with zero attached hydrogens (tertiary/aromatic N) is 3. The number of hydrogen-bond acceptors (Lipinski definition) is 4. The number of aromatic nitrogens is 3. The third kappa shape index (κ3) is 3.60. The van der Waals surface area contributed by atoms with Gasteiger partial charge in [-0.2, -0.15) is 0 Å². The molecule has 0 bridgehead atoms. The Kier molecular flexibility index (Phi) is 4.43. The average Bonchev–Trinajstić information content (AvgIpc) is 2.95. The lowest BCUT2D eigenvalue weighted by molar-refractivity contribution is 0.276. The number of aromatic hydroxyl groups is 1.